The average Bonchev–Trinajstić information content (AvgIpc) is 3.53. The first kappa shape index (κ1) is 29.5. The zero-order valence-electron chi connectivity index (χ0n) is 24.8. The largest absolute Gasteiger partial charge is 0.497 e. The van der Waals surface area contributed by atoms with E-state index >= 15 is 0 Å². The van der Waals surface area contributed by atoms with Crippen molar-refractivity contribution >= 4 is 33.1 Å². The van der Waals surface area contributed by atoms with Crippen LogP contribution in [-0.4, -0.2) is 43.8 Å². The molecule has 224 valence electrons. The monoisotopic (exact) mass is 607 g/mol. The van der Waals surface area contributed by atoms with Crippen LogP contribution in [0.2, 0.25) is 0 Å². The zero-order valence-corrected chi connectivity index (χ0v) is 25.6. The second kappa shape index (κ2) is 11.5. The number of nitrogens with zero attached hydrogens (tertiary/aromatic N) is 3. The van der Waals surface area contributed by atoms with Crippen LogP contribution >= 0.6 is 0 Å². The Morgan fingerprint density at radius 2 is 1.57 bits per heavy atom. The Balaban J connectivity index is 1.54. The van der Waals surface area contributed by atoms with Crippen LogP contribution in [0.3, 0.4) is 0 Å². The number of rotatable bonds is 8. The van der Waals surface area contributed by atoms with Gasteiger partial charge in [0.25, 0.3) is 5.91 Å². The van der Waals surface area contributed by atoms with Crippen LogP contribution in [0, 0.1) is 18.3 Å². The maximum Gasteiger partial charge on any atom is 0.261 e. The van der Waals surface area contributed by atoms with Crippen molar-refractivity contribution in [1.82, 2.24) is 4.31 Å². The van der Waals surface area contributed by atoms with E-state index in [1.54, 1.807) is 67.6 Å². The first-order chi connectivity index (χ1) is 21.2. The molecule has 0 unspecified atom stereocenters. The molecule has 2 aliphatic heterocycles. The number of Topliss-reactive ketones (excluding diaryl/α,β-unsaturated/α-hetero) is 1. The van der Waals surface area contributed by atoms with Crippen LogP contribution in [0.5, 0.6) is 5.75 Å². The smallest absolute Gasteiger partial charge is 0.261 e. The lowest BCUT2D eigenvalue weighted by Crippen LogP contribution is -2.48. The van der Waals surface area contributed by atoms with Gasteiger partial charge in [0.2, 0.25) is 10.0 Å². The number of hydrogen-bond acceptors (Lipinski definition) is 6. The highest BCUT2D eigenvalue weighted by Gasteiger charge is 2.67. The van der Waals surface area contributed by atoms with Gasteiger partial charge in [-0.15, -0.1) is 0 Å². The number of benzene rings is 4. The molecule has 0 radical (unpaired) electrons. The Bertz CT molecular complexity index is 1840. The van der Waals surface area contributed by atoms with E-state index in [4.69, 9.17) is 9.84 Å². The molecule has 0 aliphatic carbocycles. The predicted octanol–water partition coefficient (Wildman–Crippen LogP) is 6.05. The van der Waals surface area contributed by atoms with E-state index in [-0.39, 0.29) is 29.6 Å². The average molecular weight is 608 g/mol. The van der Waals surface area contributed by atoms with Crippen LogP contribution in [-0.2, 0) is 14.8 Å². The fourth-order valence-electron chi connectivity index (χ4n) is 6.56. The van der Waals surface area contributed by atoms with Gasteiger partial charge in [0, 0.05) is 24.4 Å². The first-order valence-corrected chi connectivity index (χ1v) is 15.9. The molecular weight excluding hydrogens is 574 g/mol. The molecule has 1 saturated heterocycles. The summed E-state index contributed by atoms with van der Waals surface area (Å²) in [5.74, 6) is -0.752. The minimum absolute atomic E-state index is 0.0489. The van der Waals surface area contributed by atoms with Crippen LogP contribution in [0.4, 0.5) is 5.69 Å². The van der Waals surface area contributed by atoms with Gasteiger partial charge in [-0.05, 0) is 55.8 Å². The van der Waals surface area contributed by atoms with Crippen molar-refractivity contribution in [1.29, 1.82) is 0 Å². The second-order valence-corrected chi connectivity index (χ2v) is 13.2. The molecule has 0 N–H and O–H groups in total. The second-order valence-electron chi connectivity index (χ2n) is 11.3. The standard InChI is InChI=1S/C35H33N3O5S/c1-24-17-19-31(20-18-24)44(41,42)37-23-28(22-32(39)27-13-10-16-30(21-27)43-3)35(33(37)26-11-6-4-7-12-26)25(2)36-38(34(35)40)29-14-8-5-9-15-29/h4-21,28,33H,22-23H2,1-3H3/t28-,33-,35+/m0/s1. The molecule has 0 saturated carbocycles. The van der Waals surface area contributed by atoms with Gasteiger partial charge in [-0.25, -0.2) is 8.42 Å². The quantitative estimate of drug-likeness (QED) is 0.227. The molecule has 4 aromatic rings. The Labute approximate surface area is 257 Å². The van der Waals surface area contributed by atoms with Crippen molar-refractivity contribution in [2.24, 2.45) is 16.4 Å². The Kier molecular flexibility index (Phi) is 7.69. The highest BCUT2D eigenvalue weighted by atomic mass is 32.2. The molecule has 0 aromatic heterocycles. The summed E-state index contributed by atoms with van der Waals surface area (Å²) >= 11 is 0. The minimum Gasteiger partial charge on any atom is -0.497 e. The Hall–Kier alpha value is -4.60. The van der Waals surface area contributed by atoms with Crippen LogP contribution in [0.15, 0.2) is 119 Å². The molecule has 6 rings (SSSR count). The number of ketones is 1. The SMILES string of the molecule is COc1cccc(C(=O)C[C@H]2CN(S(=O)(=O)c3ccc(C)cc3)[C@@H](c3ccccc3)[C@]23C(=O)N(c2ccccc2)N=C3C)c1. The van der Waals surface area contributed by atoms with E-state index in [0.29, 0.717) is 28.3 Å². The van der Waals surface area contributed by atoms with Gasteiger partial charge in [-0.3, -0.25) is 9.59 Å². The molecule has 4 aromatic carbocycles. The van der Waals surface area contributed by atoms with Gasteiger partial charge in [-0.1, -0.05) is 78.4 Å². The molecule has 1 amide bonds. The number of para-hydroxylation sites is 1. The van der Waals surface area contributed by atoms with Gasteiger partial charge >= 0.3 is 0 Å². The van der Waals surface area contributed by atoms with Crippen molar-refractivity contribution in [3.63, 3.8) is 0 Å². The van der Waals surface area contributed by atoms with Crippen LogP contribution in [0.25, 0.3) is 0 Å². The van der Waals surface area contributed by atoms with Crippen LogP contribution < -0.4 is 9.75 Å². The first-order valence-electron chi connectivity index (χ1n) is 14.4. The van der Waals surface area contributed by atoms with Crippen molar-refractivity contribution in [3.05, 3.63) is 126 Å². The Morgan fingerprint density at radius 1 is 0.909 bits per heavy atom. The van der Waals surface area contributed by atoms with E-state index in [1.807, 2.05) is 55.5 Å². The summed E-state index contributed by atoms with van der Waals surface area (Å²) < 4.78 is 35.7. The van der Waals surface area contributed by atoms with Gasteiger partial charge in [0.1, 0.15) is 11.2 Å². The molecule has 8 nitrogen and oxygen atoms in total. The van der Waals surface area contributed by atoms with E-state index in [9.17, 15) is 18.0 Å². The number of aryl methyl sites for hydroxylation is 1. The molecule has 2 heterocycles. The number of carbonyl (C=O) groups is 2. The number of anilines is 1. The highest BCUT2D eigenvalue weighted by Crippen LogP contribution is 2.58. The fraction of sp³-hybridized carbons (Fsp3) is 0.229. The van der Waals surface area contributed by atoms with Gasteiger partial charge in [-0.2, -0.15) is 14.4 Å². The molecule has 9 heteroatoms. The van der Waals surface area contributed by atoms with Gasteiger partial charge in [0.15, 0.2) is 5.78 Å². The van der Waals surface area contributed by atoms with E-state index < -0.39 is 27.4 Å². The van der Waals surface area contributed by atoms with E-state index in [0.717, 1.165) is 5.56 Å². The van der Waals surface area contributed by atoms with Crippen molar-refractivity contribution in [2.45, 2.75) is 31.2 Å². The summed E-state index contributed by atoms with van der Waals surface area (Å²) in [6, 6.07) is 30.8. The zero-order chi connectivity index (χ0) is 31.1. The third-order valence-corrected chi connectivity index (χ3v) is 10.6. The topological polar surface area (TPSA) is 96.3 Å². The van der Waals surface area contributed by atoms with Gasteiger partial charge in [0.05, 0.1) is 29.4 Å². The van der Waals surface area contributed by atoms with Crippen molar-refractivity contribution in [3.8, 4) is 5.75 Å². The minimum atomic E-state index is -4.11. The predicted molar refractivity (Wildman–Crippen MR) is 169 cm³/mol. The Morgan fingerprint density at radius 3 is 2.23 bits per heavy atom. The van der Waals surface area contributed by atoms with E-state index in [2.05, 4.69) is 0 Å². The highest BCUT2D eigenvalue weighted by molar-refractivity contribution is 7.89. The lowest BCUT2D eigenvalue weighted by Gasteiger charge is -2.36. The molecule has 2 aliphatic rings. The van der Waals surface area contributed by atoms with E-state index in [1.165, 1.54) is 16.4 Å². The summed E-state index contributed by atoms with van der Waals surface area (Å²) in [5, 5.41) is 6.11. The maximum atomic E-state index is 14.9. The molecule has 3 atom stereocenters. The van der Waals surface area contributed by atoms with Gasteiger partial charge < -0.3 is 4.74 Å². The number of methoxy groups -OCH3 is 1. The number of hydrazone groups is 1. The third kappa shape index (κ3) is 4.82. The van der Waals surface area contributed by atoms with Crippen molar-refractivity contribution < 1.29 is 22.7 Å². The number of hydrogen-bond donors (Lipinski definition) is 0. The van der Waals surface area contributed by atoms with Crippen LogP contribution in [0.1, 0.15) is 40.9 Å². The number of ether oxygens (including phenoxy) is 1. The number of carbonyl (C=O) groups excluding carboxylic acids is 2. The molecule has 0 bridgehead atoms. The molecule has 1 spiro atoms. The maximum absolute atomic E-state index is 14.9. The number of amides is 1. The van der Waals surface area contributed by atoms with Crippen molar-refractivity contribution in [2.75, 3.05) is 18.7 Å². The number of sulfonamides is 1. The summed E-state index contributed by atoms with van der Waals surface area (Å²) in [6.07, 6.45) is -0.0718. The molecule has 1 fully saturated rings. The molecule has 44 heavy (non-hydrogen) atoms. The summed E-state index contributed by atoms with van der Waals surface area (Å²) in [5.41, 5.74) is 1.59. The lowest BCUT2D eigenvalue weighted by molar-refractivity contribution is -0.126. The normalized spacial score (nSPS) is 21.9. The summed E-state index contributed by atoms with van der Waals surface area (Å²) in [7, 11) is -2.58. The fourth-order valence-corrected chi connectivity index (χ4v) is 8.26. The lowest BCUT2D eigenvalue weighted by atomic mass is 9.66. The summed E-state index contributed by atoms with van der Waals surface area (Å²) in [6.45, 7) is 3.61. The summed E-state index contributed by atoms with van der Waals surface area (Å²) in [4.78, 5) is 28.9. The molecular formula is C35H33N3O5S. The third-order valence-electron chi connectivity index (χ3n) is 8.73.